The standard InChI is InChI=1S/C22H21N3O3/c1-12(20(26)24-16-8-9-17-15(11-16)3-2-10-23-17)25-21(27)18-13-4-5-14(7-6-13)19(18)22(25)28/h2-5,8-14,18-19H,6-7H2,1H3,(H,24,26). The molecule has 142 valence electrons. The molecule has 2 aromatic rings. The van der Waals surface area contributed by atoms with Gasteiger partial charge < -0.3 is 5.32 Å². The summed E-state index contributed by atoms with van der Waals surface area (Å²) in [6.07, 6.45) is 7.77. The molecule has 6 rings (SSSR count). The lowest BCUT2D eigenvalue weighted by Crippen LogP contribution is -2.46. The number of benzene rings is 1. The Balaban J connectivity index is 1.37. The predicted octanol–water partition coefficient (Wildman–Crippen LogP) is 2.76. The number of anilines is 1. The lowest BCUT2D eigenvalue weighted by molar-refractivity contribution is -0.146. The first-order valence-corrected chi connectivity index (χ1v) is 9.75. The van der Waals surface area contributed by atoms with E-state index in [0.29, 0.717) is 5.69 Å². The Kier molecular flexibility index (Phi) is 3.82. The highest BCUT2D eigenvalue weighted by Gasteiger charge is 2.58. The van der Waals surface area contributed by atoms with Crippen LogP contribution < -0.4 is 5.32 Å². The number of aromatic nitrogens is 1. The van der Waals surface area contributed by atoms with Crippen molar-refractivity contribution in [2.24, 2.45) is 23.7 Å². The van der Waals surface area contributed by atoms with Crippen LogP contribution in [0.1, 0.15) is 19.8 Å². The number of hydrogen-bond donors (Lipinski definition) is 1. The number of amides is 3. The molecule has 6 heteroatoms. The molecule has 2 bridgehead atoms. The third-order valence-corrected chi connectivity index (χ3v) is 6.43. The van der Waals surface area contributed by atoms with Crippen molar-refractivity contribution in [3.8, 4) is 0 Å². The van der Waals surface area contributed by atoms with Crippen LogP contribution in [0.2, 0.25) is 0 Å². The Morgan fingerprint density at radius 2 is 1.79 bits per heavy atom. The van der Waals surface area contributed by atoms with Crippen LogP contribution in [0.4, 0.5) is 5.69 Å². The summed E-state index contributed by atoms with van der Waals surface area (Å²) in [7, 11) is 0. The molecule has 1 saturated carbocycles. The van der Waals surface area contributed by atoms with E-state index < -0.39 is 6.04 Å². The molecular weight excluding hydrogens is 354 g/mol. The van der Waals surface area contributed by atoms with Gasteiger partial charge in [0.25, 0.3) is 0 Å². The van der Waals surface area contributed by atoms with Gasteiger partial charge >= 0.3 is 0 Å². The quantitative estimate of drug-likeness (QED) is 0.661. The van der Waals surface area contributed by atoms with Crippen molar-refractivity contribution in [2.45, 2.75) is 25.8 Å². The van der Waals surface area contributed by atoms with E-state index in [1.165, 1.54) is 4.90 Å². The molecule has 0 spiro atoms. The molecule has 4 aliphatic rings. The second-order valence-electron chi connectivity index (χ2n) is 7.96. The lowest BCUT2D eigenvalue weighted by atomic mass is 9.63. The Morgan fingerprint density at radius 1 is 1.11 bits per heavy atom. The van der Waals surface area contributed by atoms with Gasteiger partial charge in [-0.15, -0.1) is 0 Å². The van der Waals surface area contributed by atoms with Gasteiger partial charge in [0.1, 0.15) is 6.04 Å². The van der Waals surface area contributed by atoms with Crippen LogP contribution in [-0.4, -0.2) is 33.6 Å². The van der Waals surface area contributed by atoms with E-state index >= 15 is 0 Å². The minimum atomic E-state index is -0.838. The van der Waals surface area contributed by atoms with Gasteiger partial charge in [0.2, 0.25) is 17.7 Å². The number of hydrogen-bond acceptors (Lipinski definition) is 4. The number of imide groups is 1. The Morgan fingerprint density at radius 3 is 2.43 bits per heavy atom. The van der Waals surface area contributed by atoms with E-state index in [4.69, 9.17) is 0 Å². The first-order valence-electron chi connectivity index (χ1n) is 9.75. The zero-order valence-corrected chi connectivity index (χ0v) is 15.5. The Hall–Kier alpha value is -3.02. The molecule has 5 atom stereocenters. The summed E-state index contributed by atoms with van der Waals surface area (Å²) in [5.41, 5.74) is 1.46. The molecule has 3 aliphatic carbocycles. The number of carbonyl (C=O) groups is 3. The second kappa shape index (κ2) is 6.26. The zero-order valence-electron chi connectivity index (χ0n) is 15.5. The Labute approximate surface area is 162 Å². The average molecular weight is 375 g/mol. The fourth-order valence-electron chi connectivity index (χ4n) is 5.00. The van der Waals surface area contributed by atoms with Gasteiger partial charge in [-0.2, -0.15) is 0 Å². The van der Waals surface area contributed by atoms with Gasteiger partial charge in [-0.1, -0.05) is 18.2 Å². The van der Waals surface area contributed by atoms with Gasteiger partial charge in [0, 0.05) is 17.3 Å². The van der Waals surface area contributed by atoms with E-state index in [1.807, 2.05) is 24.3 Å². The smallest absolute Gasteiger partial charge is 0.247 e. The van der Waals surface area contributed by atoms with Crippen molar-refractivity contribution in [1.29, 1.82) is 0 Å². The minimum absolute atomic E-state index is 0.125. The summed E-state index contributed by atoms with van der Waals surface area (Å²) < 4.78 is 0. The summed E-state index contributed by atoms with van der Waals surface area (Å²) in [5, 5.41) is 3.75. The Bertz CT molecular complexity index is 999. The third-order valence-electron chi connectivity index (χ3n) is 6.43. The molecule has 3 amide bonds. The number of nitrogens with zero attached hydrogens (tertiary/aromatic N) is 2. The van der Waals surface area contributed by atoms with Crippen LogP contribution >= 0.6 is 0 Å². The van der Waals surface area contributed by atoms with Crippen LogP contribution in [0.5, 0.6) is 0 Å². The van der Waals surface area contributed by atoms with Crippen LogP contribution in [-0.2, 0) is 14.4 Å². The normalized spacial score (nSPS) is 29.2. The van der Waals surface area contributed by atoms with Crippen LogP contribution in [0.15, 0.2) is 48.7 Å². The number of allylic oxidation sites excluding steroid dienone is 2. The van der Waals surface area contributed by atoms with Gasteiger partial charge in [-0.25, -0.2) is 0 Å². The second-order valence-corrected chi connectivity index (χ2v) is 7.96. The zero-order chi connectivity index (χ0) is 19.4. The van der Waals surface area contributed by atoms with E-state index in [9.17, 15) is 14.4 Å². The highest BCUT2D eigenvalue weighted by molar-refractivity contribution is 6.10. The van der Waals surface area contributed by atoms with Crippen molar-refractivity contribution >= 4 is 34.3 Å². The van der Waals surface area contributed by atoms with E-state index in [-0.39, 0.29) is 41.4 Å². The van der Waals surface area contributed by atoms with Gasteiger partial charge in [-0.3, -0.25) is 24.3 Å². The summed E-state index contributed by atoms with van der Waals surface area (Å²) in [5.74, 6) is -1.08. The summed E-state index contributed by atoms with van der Waals surface area (Å²) in [6.45, 7) is 1.63. The monoisotopic (exact) mass is 375 g/mol. The molecule has 1 aromatic heterocycles. The summed E-state index contributed by atoms with van der Waals surface area (Å²) in [6, 6.07) is 8.36. The summed E-state index contributed by atoms with van der Waals surface area (Å²) >= 11 is 0. The highest BCUT2D eigenvalue weighted by Crippen LogP contribution is 2.49. The molecule has 2 heterocycles. The molecule has 6 nitrogen and oxygen atoms in total. The van der Waals surface area contributed by atoms with Crippen LogP contribution in [0.3, 0.4) is 0 Å². The number of nitrogens with one attached hydrogen (secondary N) is 1. The third kappa shape index (κ3) is 2.47. The highest BCUT2D eigenvalue weighted by atomic mass is 16.2. The van der Waals surface area contributed by atoms with Gasteiger partial charge in [0.15, 0.2) is 0 Å². The minimum Gasteiger partial charge on any atom is -0.324 e. The lowest BCUT2D eigenvalue weighted by Gasteiger charge is -2.38. The number of pyridine rings is 1. The van der Waals surface area contributed by atoms with Crippen molar-refractivity contribution in [3.05, 3.63) is 48.7 Å². The molecule has 1 saturated heterocycles. The van der Waals surface area contributed by atoms with Crippen LogP contribution in [0, 0.1) is 23.7 Å². The average Bonchev–Trinajstić information content (AvgIpc) is 3.01. The fraction of sp³-hybridized carbons (Fsp3) is 0.364. The largest absolute Gasteiger partial charge is 0.324 e. The van der Waals surface area contributed by atoms with Gasteiger partial charge in [-0.05, 0) is 55.9 Å². The van der Waals surface area contributed by atoms with E-state index in [2.05, 4.69) is 22.5 Å². The number of fused-ring (bicyclic) bond motifs is 2. The molecule has 2 fully saturated rings. The maximum Gasteiger partial charge on any atom is 0.247 e. The predicted molar refractivity (Wildman–Crippen MR) is 104 cm³/mol. The maximum absolute atomic E-state index is 13.0. The first kappa shape index (κ1) is 17.1. The maximum atomic E-state index is 13.0. The van der Waals surface area contributed by atoms with Crippen LogP contribution in [0.25, 0.3) is 10.9 Å². The molecule has 28 heavy (non-hydrogen) atoms. The molecule has 5 unspecified atom stereocenters. The molecule has 0 radical (unpaired) electrons. The van der Waals surface area contributed by atoms with E-state index in [0.717, 1.165) is 23.7 Å². The van der Waals surface area contributed by atoms with Crippen molar-refractivity contribution < 1.29 is 14.4 Å². The molecule has 1 aromatic carbocycles. The van der Waals surface area contributed by atoms with E-state index in [1.54, 1.807) is 19.2 Å². The SMILES string of the molecule is CC(C(=O)Nc1ccc2ncccc2c1)N1C(=O)C2C3C=CC(CC3)C2C1=O. The number of carbonyl (C=O) groups excluding carboxylic acids is 3. The topological polar surface area (TPSA) is 79.4 Å². The number of likely N-dealkylation sites (tertiary alicyclic amines) is 1. The first-order chi connectivity index (χ1) is 13.5. The van der Waals surface area contributed by atoms with Gasteiger partial charge in [0.05, 0.1) is 17.4 Å². The summed E-state index contributed by atoms with van der Waals surface area (Å²) in [4.78, 5) is 44.3. The van der Waals surface area contributed by atoms with Crippen molar-refractivity contribution in [1.82, 2.24) is 9.88 Å². The molecule has 1 N–H and O–H groups in total. The van der Waals surface area contributed by atoms with Crippen molar-refractivity contribution in [3.63, 3.8) is 0 Å². The fourth-order valence-corrected chi connectivity index (χ4v) is 5.00. The number of rotatable bonds is 3. The molecule has 1 aliphatic heterocycles. The molecular formula is C22H21N3O3. The van der Waals surface area contributed by atoms with Crippen molar-refractivity contribution in [2.75, 3.05) is 5.32 Å².